The van der Waals surface area contributed by atoms with Gasteiger partial charge in [0, 0.05) is 18.7 Å². The van der Waals surface area contributed by atoms with Crippen molar-refractivity contribution < 1.29 is 23.0 Å². The highest BCUT2D eigenvalue weighted by atomic mass is 19.4. The number of ether oxygens (including phenoxy) is 1. The summed E-state index contributed by atoms with van der Waals surface area (Å²) >= 11 is 0. The number of nitrogens with zero attached hydrogens (tertiary/aromatic N) is 1. The van der Waals surface area contributed by atoms with Crippen molar-refractivity contribution in [1.82, 2.24) is 10.6 Å². The molecule has 0 aromatic heterocycles. The van der Waals surface area contributed by atoms with Crippen LogP contribution < -0.4 is 15.4 Å². The minimum Gasteiger partial charge on any atom is -0.484 e. The number of guanidine groups is 1. The van der Waals surface area contributed by atoms with Gasteiger partial charge in [-0.2, -0.15) is 13.2 Å². The van der Waals surface area contributed by atoms with Gasteiger partial charge in [-0.05, 0) is 38.3 Å². The second kappa shape index (κ2) is 9.30. The third-order valence-corrected chi connectivity index (χ3v) is 4.48. The van der Waals surface area contributed by atoms with E-state index in [9.17, 15) is 18.3 Å². The summed E-state index contributed by atoms with van der Waals surface area (Å²) in [5.74, 6) is 0.696. The molecule has 1 aliphatic carbocycles. The second-order valence-electron chi connectivity index (χ2n) is 7.00. The summed E-state index contributed by atoms with van der Waals surface area (Å²) in [7, 11) is 0. The van der Waals surface area contributed by atoms with Gasteiger partial charge in [-0.25, -0.2) is 4.99 Å². The number of aliphatic hydroxyl groups is 1. The van der Waals surface area contributed by atoms with Crippen molar-refractivity contribution in [3.63, 3.8) is 0 Å². The molecule has 1 aromatic carbocycles. The van der Waals surface area contributed by atoms with E-state index in [2.05, 4.69) is 15.6 Å². The standard InChI is InChI=1S/C19H28F3N3O2/c1-3-23-17(25-12-18(26)8-4-5-9-18)24-11-15-7-6-14(2)10-16(15)27-13-19(20,21)22/h6-7,10,26H,3-5,8-9,11-13H2,1-2H3,(H2,23,24,25). The molecule has 1 aromatic rings. The van der Waals surface area contributed by atoms with Crippen LogP contribution in [0.25, 0.3) is 0 Å². The van der Waals surface area contributed by atoms with Gasteiger partial charge in [0.05, 0.1) is 12.1 Å². The Morgan fingerprint density at radius 2 is 1.96 bits per heavy atom. The molecule has 0 bridgehead atoms. The van der Waals surface area contributed by atoms with Crippen LogP contribution >= 0.6 is 0 Å². The van der Waals surface area contributed by atoms with Gasteiger partial charge in [-0.3, -0.25) is 0 Å². The van der Waals surface area contributed by atoms with Crippen LogP contribution in [0.15, 0.2) is 23.2 Å². The van der Waals surface area contributed by atoms with E-state index in [1.165, 1.54) is 0 Å². The number of hydrogen-bond donors (Lipinski definition) is 3. The van der Waals surface area contributed by atoms with Crippen molar-refractivity contribution in [3.8, 4) is 5.75 Å². The molecule has 0 saturated heterocycles. The maximum Gasteiger partial charge on any atom is 0.422 e. The van der Waals surface area contributed by atoms with Crippen LogP contribution in [0, 0.1) is 6.92 Å². The van der Waals surface area contributed by atoms with E-state index in [1.807, 2.05) is 13.0 Å². The monoisotopic (exact) mass is 387 g/mol. The molecule has 8 heteroatoms. The molecule has 0 heterocycles. The Labute approximate surface area is 158 Å². The molecule has 27 heavy (non-hydrogen) atoms. The Bertz CT molecular complexity index is 642. The first-order valence-electron chi connectivity index (χ1n) is 9.24. The van der Waals surface area contributed by atoms with Crippen molar-refractivity contribution in [2.75, 3.05) is 19.7 Å². The Morgan fingerprint density at radius 3 is 2.59 bits per heavy atom. The van der Waals surface area contributed by atoms with Crippen LogP contribution in [0.1, 0.15) is 43.7 Å². The summed E-state index contributed by atoms with van der Waals surface area (Å²) in [4.78, 5) is 4.43. The fourth-order valence-corrected chi connectivity index (χ4v) is 3.05. The van der Waals surface area contributed by atoms with Crippen LogP contribution in [0.4, 0.5) is 13.2 Å². The van der Waals surface area contributed by atoms with Gasteiger partial charge in [-0.15, -0.1) is 0 Å². The Balaban J connectivity index is 2.05. The molecule has 0 unspecified atom stereocenters. The maximum atomic E-state index is 12.5. The van der Waals surface area contributed by atoms with Crippen LogP contribution in [-0.4, -0.2) is 42.5 Å². The Morgan fingerprint density at radius 1 is 1.26 bits per heavy atom. The number of aliphatic imine (C=N–C) groups is 1. The van der Waals surface area contributed by atoms with E-state index >= 15 is 0 Å². The largest absolute Gasteiger partial charge is 0.484 e. The van der Waals surface area contributed by atoms with Crippen LogP contribution in [0.5, 0.6) is 5.75 Å². The third kappa shape index (κ3) is 7.28. The van der Waals surface area contributed by atoms with E-state index < -0.39 is 18.4 Å². The van der Waals surface area contributed by atoms with E-state index in [0.29, 0.717) is 24.6 Å². The quantitative estimate of drug-likeness (QED) is 0.496. The molecular weight excluding hydrogens is 359 g/mol. The van der Waals surface area contributed by atoms with Gasteiger partial charge in [0.1, 0.15) is 5.75 Å². The Kier molecular flexibility index (Phi) is 7.35. The second-order valence-corrected chi connectivity index (χ2v) is 7.00. The average Bonchev–Trinajstić information content (AvgIpc) is 3.03. The van der Waals surface area contributed by atoms with E-state index in [0.717, 1.165) is 31.2 Å². The minimum absolute atomic E-state index is 0.168. The normalized spacial score (nSPS) is 17.0. The zero-order chi connectivity index (χ0) is 19.9. The molecule has 0 spiro atoms. The van der Waals surface area contributed by atoms with Crippen LogP contribution in [-0.2, 0) is 6.54 Å². The lowest BCUT2D eigenvalue weighted by Gasteiger charge is -2.24. The molecule has 1 fully saturated rings. The number of benzene rings is 1. The smallest absolute Gasteiger partial charge is 0.422 e. The number of alkyl halides is 3. The summed E-state index contributed by atoms with van der Waals surface area (Å²) < 4.78 is 42.4. The SMILES string of the molecule is CCNC(=NCc1ccc(C)cc1OCC(F)(F)F)NCC1(O)CCCC1. The maximum absolute atomic E-state index is 12.5. The summed E-state index contributed by atoms with van der Waals surface area (Å²) in [6.07, 6.45) is -0.860. The lowest BCUT2D eigenvalue weighted by atomic mass is 10.0. The minimum atomic E-state index is -4.39. The van der Waals surface area contributed by atoms with Crippen molar-refractivity contribution in [3.05, 3.63) is 29.3 Å². The molecular formula is C19H28F3N3O2. The van der Waals surface area contributed by atoms with E-state index in [4.69, 9.17) is 4.74 Å². The third-order valence-electron chi connectivity index (χ3n) is 4.48. The zero-order valence-electron chi connectivity index (χ0n) is 15.8. The number of rotatable bonds is 7. The molecule has 1 aliphatic rings. The number of halogens is 3. The van der Waals surface area contributed by atoms with Gasteiger partial charge < -0.3 is 20.5 Å². The number of nitrogens with one attached hydrogen (secondary N) is 2. The van der Waals surface area contributed by atoms with Gasteiger partial charge in [-0.1, -0.05) is 25.0 Å². The number of hydrogen-bond acceptors (Lipinski definition) is 3. The van der Waals surface area contributed by atoms with E-state index in [-0.39, 0.29) is 12.3 Å². The summed E-state index contributed by atoms with van der Waals surface area (Å²) in [5.41, 5.74) is 0.663. The average molecular weight is 387 g/mol. The molecule has 5 nitrogen and oxygen atoms in total. The van der Waals surface area contributed by atoms with E-state index in [1.54, 1.807) is 19.1 Å². The highest BCUT2D eigenvalue weighted by Crippen LogP contribution is 2.28. The summed E-state index contributed by atoms with van der Waals surface area (Å²) in [6.45, 7) is 3.58. The van der Waals surface area contributed by atoms with Gasteiger partial charge in [0.15, 0.2) is 12.6 Å². The Hall–Kier alpha value is -1.96. The van der Waals surface area contributed by atoms with Crippen LogP contribution in [0.3, 0.4) is 0 Å². The lowest BCUT2D eigenvalue weighted by molar-refractivity contribution is -0.153. The van der Waals surface area contributed by atoms with Gasteiger partial charge in [0.2, 0.25) is 0 Å². The first kappa shape index (κ1) is 21.3. The molecule has 2 rings (SSSR count). The van der Waals surface area contributed by atoms with Crippen molar-refractivity contribution in [2.24, 2.45) is 4.99 Å². The molecule has 0 aliphatic heterocycles. The first-order valence-corrected chi connectivity index (χ1v) is 9.24. The predicted molar refractivity (Wildman–Crippen MR) is 99.0 cm³/mol. The van der Waals surface area contributed by atoms with Crippen molar-refractivity contribution in [2.45, 2.75) is 57.9 Å². The van der Waals surface area contributed by atoms with Crippen molar-refractivity contribution >= 4 is 5.96 Å². The molecule has 1 saturated carbocycles. The molecule has 0 atom stereocenters. The zero-order valence-corrected chi connectivity index (χ0v) is 15.8. The summed E-state index contributed by atoms with van der Waals surface area (Å²) in [6, 6.07) is 5.11. The number of aryl methyl sites for hydroxylation is 1. The van der Waals surface area contributed by atoms with Crippen LogP contribution in [0.2, 0.25) is 0 Å². The fraction of sp³-hybridized carbons (Fsp3) is 0.632. The van der Waals surface area contributed by atoms with Gasteiger partial charge >= 0.3 is 6.18 Å². The highest BCUT2D eigenvalue weighted by Gasteiger charge is 2.31. The predicted octanol–water partition coefficient (Wildman–Crippen LogP) is 3.30. The lowest BCUT2D eigenvalue weighted by Crippen LogP contribution is -2.46. The molecule has 152 valence electrons. The molecule has 0 radical (unpaired) electrons. The van der Waals surface area contributed by atoms with Gasteiger partial charge in [0.25, 0.3) is 0 Å². The molecule has 0 amide bonds. The molecule has 3 N–H and O–H groups in total. The summed E-state index contributed by atoms with van der Waals surface area (Å²) in [5, 5.41) is 16.7. The fourth-order valence-electron chi connectivity index (χ4n) is 3.05. The topological polar surface area (TPSA) is 65.9 Å². The highest BCUT2D eigenvalue weighted by molar-refractivity contribution is 5.79. The van der Waals surface area contributed by atoms with Crippen molar-refractivity contribution in [1.29, 1.82) is 0 Å². The first-order chi connectivity index (χ1) is 12.7.